The zero-order chi connectivity index (χ0) is 19.1. The Balaban J connectivity index is 1.64. The number of rotatable bonds is 8. The lowest BCUT2D eigenvalue weighted by Crippen LogP contribution is -2.30. The van der Waals surface area contributed by atoms with Crippen LogP contribution in [0, 0.1) is 0 Å². The summed E-state index contributed by atoms with van der Waals surface area (Å²) in [5.74, 6) is 0.262. The molecular weight excluding hydrogens is 376 g/mol. The van der Waals surface area contributed by atoms with Crippen molar-refractivity contribution in [1.29, 1.82) is 0 Å². The Bertz CT molecular complexity index is 813. The van der Waals surface area contributed by atoms with Crippen molar-refractivity contribution in [2.75, 3.05) is 11.1 Å². The summed E-state index contributed by atoms with van der Waals surface area (Å²) in [7, 11) is 0. The molecule has 0 bridgehead atoms. The van der Waals surface area contributed by atoms with Crippen LogP contribution in [0.15, 0.2) is 65.0 Å². The second-order valence-corrected chi connectivity index (χ2v) is 8.48. The van der Waals surface area contributed by atoms with Crippen LogP contribution >= 0.6 is 23.1 Å². The Hall–Kier alpha value is -2.38. The van der Waals surface area contributed by atoms with Crippen molar-refractivity contribution in [3.05, 3.63) is 71.8 Å². The first kappa shape index (κ1) is 19.4. The molecule has 27 heavy (non-hydrogen) atoms. The van der Waals surface area contributed by atoms with Crippen molar-refractivity contribution < 1.29 is 4.79 Å². The number of amides is 1. The second kappa shape index (κ2) is 9.53. The lowest BCUT2D eigenvalue weighted by Gasteiger charge is -2.19. The van der Waals surface area contributed by atoms with Gasteiger partial charge in [0.25, 0.3) is 0 Å². The number of carbonyl (C=O) groups is 1. The number of anilines is 1. The molecule has 0 saturated heterocycles. The third-order valence-electron chi connectivity index (χ3n) is 3.72. The summed E-state index contributed by atoms with van der Waals surface area (Å²) >= 11 is 2.87. The first-order chi connectivity index (χ1) is 13.1. The van der Waals surface area contributed by atoms with Crippen molar-refractivity contribution in [2.45, 2.75) is 30.3 Å². The molecule has 0 radical (unpaired) electrons. The van der Waals surface area contributed by atoms with E-state index >= 15 is 0 Å². The average Bonchev–Trinajstić information content (AvgIpc) is 3.12. The number of hydrogen-bond acceptors (Lipinski definition) is 6. The van der Waals surface area contributed by atoms with Gasteiger partial charge in [-0.1, -0.05) is 83.8 Å². The minimum atomic E-state index is -0.173. The maximum absolute atomic E-state index is 12.6. The Labute approximate surface area is 167 Å². The minimum Gasteiger partial charge on any atom is -0.358 e. The Morgan fingerprint density at radius 2 is 1.59 bits per heavy atom. The summed E-state index contributed by atoms with van der Waals surface area (Å²) in [4.78, 5) is 12.6. The highest BCUT2D eigenvalue weighted by atomic mass is 32.2. The van der Waals surface area contributed by atoms with E-state index in [1.165, 1.54) is 23.1 Å². The fourth-order valence-corrected chi connectivity index (χ4v) is 4.26. The van der Waals surface area contributed by atoms with Gasteiger partial charge in [0.2, 0.25) is 11.0 Å². The van der Waals surface area contributed by atoms with E-state index in [9.17, 15) is 4.79 Å². The van der Waals surface area contributed by atoms with Gasteiger partial charge in [-0.25, -0.2) is 0 Å². The number of hydrogen-bond donors (Lipinski definition) is 2. The largest absolute Gasteiger partial charge is 0.358 e. The molecule has 5 nitrogen and oxygen atoms in total. The monoisotopic (exact) mass is 398 g/mol. The maximum atomic E-state index is 12.6. The van der Waals surface area contributed by atoms with Gasteiger partial charge in [0.1, 0.15) is 0 Å². The van der Waals surface area contributed by atoms with Crippen LogP contribution in [0.5, 0.6) is 0 Å². The van der Waals surface area contributed by atoms with Crippen LogP contribution in [-0.4, -0.2) is 27.9 Å². The normalized spacial score (nSPS) is 11.0. The van der Waals surface area contributed by atoms with Crippen LogP contribution in [0.25, 0.3) is 0 Å². The Morgan fingerprint density at radius 3 is 2.15 bits per heavy atom. The topological polar surface area (TPSA) is 66.9 Å². The van der Waals surface area contributed by atoms with E-state index in [1.807, 2.05) is 60.7 Å². The highest BCUT2D eigenvalue weighted by Gasteiger charge is 2.17. The predicted molar refractivity (Wildman–Crippen MR) is 112 cm³/mol. The van der Waals surface area contributed by atoms with E-state index in [4.69, 9.17) is 0 Å². The summed E-state index contributed by atoms with van der Waals surface area (Å²) in [5.41, 5.74) is 2.11. The molecule has 0 aliphatic carbocycles. The average molecular weight is 399 g/mol. The SMILES string of the molecule is CC(C)Nc1nnc(SCC(=O)NC(c2ccccc2)c2ccccc2)s1. The number of nitrogens with zero attached hydrogens (tertiary/aromatic N) is 2. The van der Waals surface area contributed by atoms with Crippen molar-refractivity contribution >= 4 is 34.1 Å². The van der Waals surface area contributed by atoms with Crippen molar-refractivity contribution in [3.63, 3.8) is 0 Å². The van der Waals surface area contributed by atoms with Crippen LogP contribution < -0.4 is 10.6 Å². The number of thioether (sulfide) groups is 1. The number of nitrogens with one attached hydrogen (secondary N) is 2. The fourth-order valence-electron chi connectivity index (χ4n) is 2.55. The number of aromatic nitrogens is 2. The summed E-state index contributed by atoms with van der Waals surface area (Å²) < 4.78 is 0.782. The van der Waals surface area contributed by atoms with Gasteiger partial charge in [-0.15, -0.1) is 10.2 Å². The van der Waals surface area contributed by atoms with E-state index in [-0.39, 0.29) is 11.9 Å². The Morgan fingerprint density at radius 1 is 1.00 bits per heavy atom. The van der Waals surface area contributed by atoms with Gasteiger partial charge in [-0.05, 0) is 25.0 Å². The third-order valence-corrected chi connectivity index (χ3v) is 5.70. The molecule has 0 fully saturated rings. The highest BCUT2D eigenvalue weighted by molar-refractivity contribution is 8.01. The maximum Gasteiger partial charge on any atom is 0.231 e. The van der Waals surface area contributed by atoms with Gasteiger partial charge in [0, 0.05) is 6.04 Å². The second-order valence-electron chi connectivity index (χ2n) is 6.28. The van der Waals surface area contributed by atoms with Crippen LogP contribution in [0.2, 0.25) is 0 Å². The van der Waals surface area contributed by atoms with Gasteiger partial charge in [-0.3, -0.25) is 4.79 Å². The zero-order valence-corrected chi connectivity index (χ0v) is 16.9. The van der Waals surface area contributed by atoms with Gasteiger partial charge < -0.3 is 10.6 Å². The molecule has 1 aromatic heterocycles. The first-order valence-corrected chi connectivity index (χ1v) is 10.5. The van der Waals surface area contributed by atoms with E-state index in [1.54, 1.807) is 0 Å². The van der Waals surface area contributed by atoms with Crippen molar-refractivity contribution in [1.82, 2.24) is 15.5 Å². The van der Waals surface area contributed by atoms with Gasteiger partial charge >= 0.3 is 0 Å². The molecule has 7 heteroatoms. The fraction of sp³-hybridized carbons (Fsp3) is 0.250. The summed E-state index contributed by atoms with van der Waals surface area (Å²) in [5, 5.41) is 15.4. The Kier molecular flexibility index (Phi) is 6.84. The molecule has 0 aliphatic heterocycles. The van der Waals surface area contributed by atoms with Gasteiger partial charge in [0.15, 0.2) is 4.34 Å². The summed E-state index contributed by atoms with van der Waals surface area (Å²) in [6.45, 7) is 4.10. The predicted octanol–water partition coefficient (Wildman–Crippen LogP) is 4.36. The molecular formula is C20H22N4OS2. The quantitative estimate of drug-likeness (QED) is 0.552. The minimum absolute atomic E-state index is 0.0359. The molecule has 0 aliphatic rings. The van der Waals surface area contributed by atoms with E-state index < -0.39 is 0 Å². The molecule has 1 heterocycles. The molecule has 3 aromatic rings. The van der Waals surface area contributed by atoms with Crippen LogP contribution in [0.4, 0.5) is 5.13 Å². The van der Waals surface area contributed by atoms with E-state index in [2.05, 4.69) is 34.7 Å². The molecule has 2 N–H and O–H groups in total. The number of benzene rings is 2. The molecule has 0 saturated carbocycles. The van der Waals surface area contributed by atoms with Crippen LogP contribution in [0.3, 0.4) is 0 Å². The molecule has 0 unspecified atom stereocenters. The van der Waals surface area contributed by atoms with Crippen LogP contribution in [-0.2, 0) is 4.79 Å². The third kappa shape index (κ3) is 5.80. The van der Waals surface area contributed by atoms with Crippen molar-refractivity contribution in [3.8, 4) is 0 Å². The molecule has 2 aromatic carbocycles. The van der Waals surface area contributed by atoms with Crippen LogP contribution in [0.1, 0.15) is 31.0 Å². The van der Waals surface area contributed by atoms with Gasteiger partial charge in [0.05, 0.1) is 11.8 Å². The molecule has 0 atom stereocenters. The van der Waals surface area contributed by atoms with Crippen molar-refractivity contribution in [2.24, 2.45) is 0 Å². The van der Waals surface area contributed by atoms with E-state index in [0.29, 0.717) is 11.8 Å². The van der Waals surface area contributed by atoms with E-state index in [0.717, 1.165) is 20.6 Å². The molecule has 3 rings (SSSR count). The molecule has 1 amide bonds. The van der Waals surface area contributed by atoms with Gasteiger partial charge in [-0.2, -0.15) is 0 Å². The molecule has 140 valence electrons. The lowest BCUT2D eigenvalue weighted by molar-refractivity contribution is -0.119. The lowest BCUT2D eigenvalue weighted by atomic mass is 9.99. The first-order valence-electron chi connectivity index (χ1n) is 8.74. The smallest absolute Gasteiger partial charge is 0.231 e. The summed E-state index contributed by atoms with van der Waals surface area (Å²) in [6, 6.07) is 20.1. The summed E-state index contributed by atoms with van der Waals surface area (Å²) in [6.07, 6.45) is 0. The zero-order valence-electron chi connectivity index (χ0n) is 15.3. The molecule has 0 spiro atoms. The highest BCUT2D eigenvalue weighted by Crippen LogP contribution is 2.26. The standard InChI is InChI=1S/C20H22N4OS2/c1-14(2)21-19-23-24-20(27-19)26-13-17(25)22-18(15-9-5-3-6-10-15)16-11-7-4-8-12-16/h3-12,14,18H,13H2,1-2H3,(H,21,23)(H,22,25). The number of carbonyl (C=O) groups excluding carboxylic acids is 1.